The first-order valence-electron chi connectivity index (χ1n) is 9.43. The Bertz CT molecular complexity index is 871. The molecule has 0 saturated heterocycles. The summed E-state index contributed by atoms with van der Waals surface area (Å²) in [5, 5.41) is 2.95. The summed E-state index contributed by atoms with van der Waals surface area (Å²) in [5.74, 6) is 0. The van der Waals surface area contributed by atoms with Gasteiger partial charge in [0.25, 0.3) is 0 Å². The third kappa shape index (κ3) is 4.53. The summed E-state index contributed by atoms with van der Waals surface area (Å²) < 4.78 is 0. The SMILES string of the molecule is [Cl-].c1ccc(C[P+](Cc2ccccc2)(c2ccccc2)c2ccccc2)cc1. The average Bonchev–Trinajstić information content (AvgIpc) is 2.76. The maximum Gasteiger partial charge on any atom is 0.0999 e. The topological polar surface area (TPSA) is 0 Å². The van der Waals surface area contributed by atoms with Gasteiger partial charge in [0, 0.05) is 0 Å². The number of hydrogen-bond acceptors (Lipinski definition) is 0. The molecule has 0 aliphatic carbocycles. The fourth-order valence-electron chi connectivity index (χ4n) is 3.79. The second-order valence-corrected chi connectivity index (χ2v) is 10.5. The highest BCUT2D eigenvalue weighted by atomic mass is 35.5. The van der Waals surface area contributed by atoms with Gasteiger partial charge in [-0.15, -0.1) is 0 Å². The van der Waals surface area contributed by atoms with Crippen LogP contribution >= 0.6 is 7.26 Å². The van der Waals surface area contributed by atoms with E-state index < -0.39 is 7.26 Å². The van der Waals surface area contributed by atoms with E-state index in [2.05, 4.69) is 121 Å². The van der Waals surface area contributed by atoms with E-state index in [0.29, 0.717) is 0 Å². The van der Waals surface area contributed by atoms with Gasteiger partial charge in [-0.05, 0) is 35.4 Å². The van der Waals surface area contributed by atoms with Crippen LogP contribution in [0.25, 0.3) is 0 Å². The van der Waals surface area contributed by atoms with Gasteiger partial charge in [0.2, 0.25) is 0 Å². The summed E-state index contributed by atoms with van der Waals surface area (Å²) in [5.41, 5.74) is 2.82. The van der Waals surface area contributed by atoms with Gasteiger partial charge in [0.05, 0.1) is 30.2 Å². The molecule has 0 atom stereocenters. The summed E-state index contributed by atoms with van der Waals surface area (Å²) >= 11 is 0. The number of halogens is 1. The molecule has 0 radical (unpaired) electrons. The van der Waals surface area contributed by atoms with Crippen molar-refractivity contribution >= 4 is 17.9 Å². The number of hydrogen-bond donors (Lipinski definition) is 0. The summed E-state index contributed by atoms with van der Waals surface area (Å²) in [6.07, 6.45) is 2.16. The Morgan fingerprint density at radius 3 is 1.00 bits per heavy atom. The van der Waals surface area contributed by atoms with E-state index in [1.807, 2.05) is 0 Å². The van der Waals surface area contributed by atoms with E-state index in [-0.39, 0.29) is 12.4 Å². The first-order chi connectivity index (χ1) is 13.4. The van der Waals surface area contributed by atoms with Crippen molar-refractivity contribution in [2.24, 2.45) is 0 Å². The molecule has 0 saturated carbocycles. The van der Waals surface area contributed by atoms with Crippen molar-refractivity contribution in [3.8, 4) is 0 Å². The Balaban J connectivity index is 0.00000225. The fourth-order valence-corrected chi connectivity index (χ4v) is 8.08. The molecule has 0 spiro atoms. The molecule has 28 heavy (non-hydrogen) atoms. The van der Waals surface area contributed by atoms with Crippen LogP contribution in [0.1, 0.15) is 11.1 Å². The monoisotopic (exact) mass is 402 g/mol. The van der Waals surface area contributed by atoms with Gasteiger partial charge in [0.15, 0.2) is 0 Å². The predicted molar refractivity (Wildman–Crippen MR) is 119 cm³/mol. The summed E-state index contributed by atoms with van der Waals surface area (Å²) in [6, 6.07) is 44.2. The van der Waals surface area contributed by atoms with Crippen molar-refractivity contribution in [3.63, 3.8) is 0 Å². The quantitative estimate of drug-likeness (QED) is 0.435. The Morgan fingerprint density at radius 1 is 0.393 bits per heavy atom. The zero-order valence-corrected chi connectivity index (χ0v) is 17.4. The zero-order chi connectivity index (χ0) is 18.4. The lowest BCUT2D eigenvalue weighted by Gasteiger charge is -2.28. The van der Waals surface area contributed by atoms with Crippen LogP contribution in [-0.2, 0) is 12.3 Å². The highest BCUT2D eigenvalue weighted by Gasteiger charge is 2.42. The molecule has 0 nitrogen and oxygen atoms in total. The fraction of sp³-hybridized carbons (Fsp3) is 0.0769. The molecule has 0 aliphatic heterocycles. The highest BCUT2D eigenvalue weighted by molar-refractivity contribution is 7.88. The van der Waals surface area contributed by atoms with Crippen LogP contribution < -0.4 is 23.0 Å². The molecular weight excluding hydrogens is 379 g/mol. The smallest absolute Gasteiger partial charge is 0.0999 e. The Kier molecular flexibility index (Phi) is 7.04. The maximum absolute atomic E-state index is 2.33. The number of benzene rings is 4. The van der Waals surface area contributed by atoms with Gasteiger partial charge in [0.1, 0.15) is 0 Å². The lowest BCUT2D eigenvalue weighted by Crippen LogP contribution is -3.00. The van der Waals surface area contributed by atoms with Crippen LogP contribution in [0.3, 0.4) is 0 Å². The van der Waals surface area contributed by atoms with E-state index in [4.69, 9.17) is 0 Å². The van der Waals surface area contributed by atoms with Crippen LogP contribution in [0.15, 0.2) is 121 Å². The molecule has 4 aromatic carbocycles. The van der Waals surface area contributed by atoms with Gasteiger partial charge in [-0.25, -0.2) is 0 Å². The normalized spacial score (nSPS) is 10.9. The van der Waals surface area contributed by atoms with E-state index in [1.54, 1.807) is 0 Å². The summed E-state index contributed by atoms with van der Waals surface area (Å²) in [4.78, 5) is 0. The molecule has 0 N–H and O–H groups in total. The van der Waals surface area contributed by atoms with Gasteiger partial charge >= 0.3 is 0 Å². The standard InChI is InChI=1S/C26H24P.ClH/c1-5-13-23(14-6-1)21-27(25-17-9-3-10-18-25,26-19-11-4-12-20-26)22-24-15-7-2-8-16-24;/h1-20H,21-22H2;1H/q+1;/p-1. The summed E-state index contributed by atoms with van der Waals surface area (Å²) in [7, 11) is -1.64. The first-order valence-corrected chi connectivity index (χ1v) is 11.6. The van der Waals surface area contributed by atoms with Gasteiger partial charge in [-0.2, -0.15) is 0 Å². The van der Waals surface area contributed by atoms with Crippen molar-refractivity contribution in [2.45, 2.75) is 12.3 Å². The largest absolute Gasteiger partial charge is 1.00 e. The lowest BCUT2D eigenvalue weighted by molar-refractivity contribution is -0.00000534. The third-order valence-electron chi connectivity index (χ3n) is 5.09. The Labute approximate surface area is 175 Å². The van der Waals surface area contributed by atoms with Gasteiger partial charge in [-0.3, -0.25) is 0 Å². The summed E-state index contributed by atoms with van der Waals surface area (Å²) in [6.45, 7) is 0. The third-order valence-corrected chi connectivity index (χ3v) is 9.47. The first kappa shape index (κ1) is 20.3. The molecule has 0 amide bonds. The van der Waals surface area contributed by atoms with Crippen molar-refractivity contribution in [2.75, 3.05) is 0 Å². The van der Waals surface area contributed by atoms with Crippen LogP contribution in [0, 0.1) is 0 Å². The Hall–Kier alpha value is -2.40. The molecule has 0 bridgehead atoms. The molecule has 0 unspecified atom stereocenters. The van der Waals surface area contributed by atoms with Crippen LogP contribution in [0.5, 0.6) is 0 Å². The van der Waals surface area contributed by atoms with Gasteiger partial charge < -0.3 is 12.4 Å². The van der Waals surface area contributed by atoms with E-state index >= 15 is 0 Å². The van der Waals surface area contributed by atoms with Crippen molar-refractivity contribution < 1.29 is 12.4 Å². The zero-order valence-electron chi connectivity index (χ0n) is 15.8. The van der Waals surface area contributed by atoms with Crippen molar-refractivity contribution in [1.29, 1.82) is 0 Å². The van der Waals surface area contributed by atoms with E-state index in [0.717, 1.165) is 12.3 Å². The minimum Gasteiger partial charge on any atom is -1.00 e. The van der Waals surface area contributed by atoms with Crippen molar-refractivity contribution in [1.82, 2.24) is 0 Å². The maximum atomic E-state index is 2.33. The predicted octanol–water partition coefficient (Wildman–Crippen LogP) is 3.06. The molecule has 4 rings (SSSR count). The molecule has 0 aliphatic rings. The molecule has 140 valence electrons. The lowest BCUT2D eigenvalue weighted by atomic mass is 10.2. The molecule has 0 fully saturated rings. The minimum absolute atomic E-state index is 0. The number of rotatable bonds is 6. The minimum atomic E-state index is -1.64. The van der Waals surface area contributed by atoms with E-state index in [9.17, 15) is 0 Å². The van der Waals surface area contributed by atoms with Gasteiger partial charge in [-0.1, -0.05) is 97.1 Å². The van der Waals surface area contributed by atoms with Crippen LogP contribution in [0.4, 0.5) is 0 Å². The van der Waals surface area contributed by atoms with Crippen LogP contribution in [-0.4, -0.2) is 0 Å². The van der Waals surface area contributed by atoms with E-state index in [1.165, 1.54) is 21.7 Å². The molecule has 0 aromatic heterocycles. The highest BCUT2D eigenvalue weighted by Crippen LogP contribution is 2.61. The average molecular weight is 403 g/mol. The molecular formula is C26H24ClP. The second kappa shape index (κ2) is 9.69. The molecule has 0 heterocycles. The van der Waals surface area contributed by atoms with Crippen molar-refractivity contribution in [3.05, 3.63) is 132 Å². The molecule has 4 aromatic rings. The molecule has 2 heteroatoms. The second-order valence-electron chi connectivity index (χ2n) is 6.93. The Morgan fingerprint density at radius 2 is 0.679 bits per heavy atom. The van der Waals surface area contributed by atoms with Crippen LogP contribution in [0.2, 0.25) is 0 Å².